The Morgan fingerprint density at radius 2 is 1.19 bits per heavy atom. The van der Waals surface area contributed by atoms with Crippen LogP contribution in [0.25, 0.3) is 0 Å². The summed E-state index contributed by atoms with van der Waals surface area (Å²) in [6, 6.07) is 19.0. The van der Waals surface area contributed by atoms with Crippen molar-refractivity contribution in [2.75, 3.05) is 36.8 Å². The van der Waals surface area contributed by atoms with E-state index < -0.39 is 11.8 Å². The number of carbonyl (C=O) groups is 2. The van der Waals surface area contributed by atoms with Crippen LogP contribution in [-0.2, 0) is 19.1 Å². The van der Waals surface area contributed by atoms with Gasteiger partial charge in [0, 0.05) is 36.3 Å². The van der Waals surface area contributed by atoms with Crippen molar-refractivity contribution in [2.45, 2.75) is 70.4 Å². The first-order valence-corrected chi connectivity index (χ1v) is 17.0. The smallest absolute Gasteiger partial charge is 0.224 e. The van der Waals surface area contributed by atoms with Crippen LogP contribution >= 0.6 is 0 Å². The Morgan fingerprint density at radius 3 is 1.66 bits per heavy atom. The van der Waals surface area contributed by atoms with E-state index in [0.29, 0.717) is 32.6 Å². The zero-order valence-electron chi connectivity index (χ0n) is 27.3. The van der Waals surface area contributed by atoms with Gasteiger partial charge in [-0.05, 0) is 43.5 Å². The van der Waals surface area contributed by atoms with Gasteiger partial charge in [0.05, 0.1) is 37.1 Å². The van der Waals surface area contributed by atoms with E-state index in [9.17, 15) is 9.59 Å². The predicted molar refractivity (Wildman–Crippen MR) is 185 cm³/mol. The van der Waals surface area contributed by atoms with Crippen molar-refractivity contribution in [1.29, 1.82) is 0 Å². The number of hydrogen-bond acceptors (Lipinski definition) is 6. The van der Waals surface area contributed by atoms with E-state index >= 15 is 0 Å². The molecule has 0 radical (unpaired) electrons. The molecule has 2 bridgehead atoms. The number of aliphatic imine (C=N–C) groups is 2. The standard InChI is InChI=1S/C35H50N8O4/c1-2-3-4-5-12-17-27-46-30-25-22-26(31(30)47-27)29(33(45)39-19-21-41-35(37)43-24-15-10-7-11-16-24)28(25)32(44)38-18-20-40-34(36)42-23-13-8-6-9-14-23/h6-11,13-16,25-31H,2-5,12,17-22H2,1H3,(H,38,44)(H,39,45)(H3,36,40,42)(H3,37,41,43). The average Bonchev–Trinajstić information content (AvgIpc) is 3.77. The summed E-state index contributed by atoms with van der Waals surface area (Å²) < 4.78 is 12.8. The molecule has 0 spiro atoms. The maximum absolute atomic E-state index is 13.7. The normalized spacial score (nSPS) is 26.5. The lowest BCUT2D eigenvalue weighted by Gasteiger charge is -2.34. The monoisotopic (exact) mass is 646 g/mol. The molecule has 1 heterocycles. The van der Waals surface area contributed by atoms with Crippen molar-refractivity contribution in [2.24, 2.45) is 45.1 Å². The fraction of sp³-hybridized carbons (Fsp3) is 0.543. The van der Waals surface area contributed by atoms with Crippen LogP contribution in [0.1, 0.15) is 51.9 Å². The van der Waals surface area contributed by atoms with E-state index in [4.69, 9.17) is 20.9 Å². The highest BCUT2D eigenvalue weighted by atomic mass is 16.7. The van der Waals surface area contributed by atoms with E-state index in [0.717, 1.165) is 30.6 Å². The minimum atomic E-state index is -0.523. The van der Waals surface area contributed by atoms with Gasteiger partial charge in [-0.1, -0.05) is 69.0 Å². The molecular weight excluding hydrogens is 596 g/mol. The summed E-state index contributed by atoms with van der Waals surface area (Å²) in [4.78, 5) is 36.1. The van der Waals surface area contributed by atoms with Crippen molar-refractivity contribution in [3.05, 3.63) is 60.7 Å². The molecule has 2 aromatic rings. The van der Waals surface area contributed by atoms with Crippen molar-refractivity contribution in [3.63, 3.8) is 0 Å². The van der Waals surface area contributed by atoms with Crippen molar-refractivity contribution in [1.82, 2.24) is 10.6 Å². The fourth-order valence-corrected chi connectivity index (χ4v) is 7.17. The van der Waals surface area contributed by atoms with E-state index in [2.05, 4.69) is 38.2 Å². The number of unbranched alkanes of at least 4 members (excludes halogenated alkanes) is 4. The number of amides is 2. The Morgan fingerprint density at radius 1 is 0.723 bits per heavy atom. The van der Waals surface area contributed by atoms with Crippen LogP contribution in [0.5, 0.6) is 0 Å². The zero-order chi connectivity index (χ0) is 33.0. The lowest BCUT2D eigenvalue weighted by atomic mass is 9.75. The quantitative estimate of drug-likeness (QED) is 0.0913. The Kier molecular flexibility index (Phi) is 12.5. The Hall–Kier alpha value is -4.16. The summed E-state index contributed by atoms with van der Waals surface area (Å²) in [5, 5.41) is 12.1. The van der Waals surface area contributed by atoms with E-state index in [-0.39, 0.29) is 54.1 Å². The molecule has 47 heavy (non-hydrogen) atoms. The highest BCUT2D eigenvalue weighted by Crippen LogP contribution is 2.57. The number of ether oxygens (including phenoxy) is 2. The number of hydrogen-bond donors (Lipinski definition) is 6. The molecule has 1 saturated heterocycles. The first kappa shape index (κ1) is 34.2. The van der Waals surface area contributed by atoms with Crippen LogP contribution in [0.15, 0.2) is 70.6 Å². The molecule has 5 rings (SSSR count). The fourth-order valence-electron chi connectivity index (χ4n) is 7.17. The third-order valence-corrected chi connectivity index (χ3v) is 9.27. The molecule has 6 unspecified atom stereocenters. The maximum Gasteiger partial charge on any atom is 0.224 e. The SMILES string of the molecule is CCCCCCCC1OC2C3CC(C2O1)C(C(=O)NCCN=C(N)Nc1ccccc1)C3C(=O)NCCN=C(N)Nc1ccccc1. The van der Waals surface area contributed by atoms with E-state index in [1.807, 2.05) is 60.7 Å². The highest BCUT2D eigenvalue weighted by Gasteiger charge is 2.66. The van der Waals surface area contributed by atoms with Gasteiger partial charge >= 0.3 is 0 Å². The molecule has 12 nitrogen and oxygen atoms in total. The van der Waals surface area contributed by atoms with Crippen molar-refractivity contribution in [3.8, 4) is 0 Å². The van der Waals surface area contributed by atoms with Crippen LogP contribution in [-0.4, -0.2) is 68.4 Å². The van der Waals surface area contributed by atoms with Gasteiger partial charge in [-0.2, -0.15) is 0 Å². The Bertz CT molecular complexity index is 1260. The first-order valence-electron chi connectivity index (χ1n) is 17.0. The number of nitrogens with zero attached hydrogens (tertiary/aromatic N) is 2. The molecule has 254 valence electrons. The molecular formula is C35H50N8O4. The lowest BCUT2D eigenvalue weighted by molar-refractivity contribution is -0.140. The predicted octanol–water partition coefficient (Wildman–Crippen LogP) is 3.43. The van der Waals surface area contributed by atoms with Crippen molar-refractivity contribution < 1.29 is 19.1 Å². The molecule has 0 aromatic heterocycles. The summed E-state index contributed by atoms with van der Waals surface area (Å²) in [5.41, 5.74) is 13.7. The molecule has 1 aliphatic heterocycles. The number of benzene rings is 2. The van der Waals surface area contributed by atoms with E-state index in [1.54, 1.807) is 0 Å². The summed E-state index contributed by atoms with van der Waals surface area (Å²) >= 11 is 0. The lowest BCUT2D eigenvalue weighted by Crippen LogP contribution is -2.52. The molecule has 3 aliphatic rings. The summed E-state index contributed by atoms with van der Waals surface area (Å²) in [7, 11) is 0. The molecule has 6 atom stereocenters. The van der Waals surface area contributed by atoms with Gasteiger partial charge in [-0.3, -0.25) is 19.6 Å². The average molecular weight is 647 g/mol. The number of fused-ring (bicyclic) bond motifs is 5. The first-order chi connectivity index (χ1) is 22.9. The van der Waals surface area contributed by atoms with Crippen LogP contribution < -0.4 is 32.7 Å². The largest absolute Gasteiger partial charge is 0.370 e. The minimum Gasteiger partial charge on any atom is -0.370 e. The number of nitrogens with one attached hydrogen (secondary N) is 4. The highest BCUT2D eigenvalue weighted by molar-refractivity contribution is 5.93. The van der Waals surface area contributed by atoms with Crippen LogP contribution in [0.2, 0.25) is 0 Å². The summed E-state index contributed by atoms with van der Waals surface area (Å²) in [6.07, 6.45) is 6.73. The van der Waals surface area contributed by atoms with Gasteiger partial charge in [0.1, 0.15) is 0 Å². The molecule has 3 fully saturated rings. The van der Waals surface area contributed by atoms with Gasteiger partial charge < -0.3 is 42.2 Å². The third-order valence-electron chi connectivity index (χ3n) is 9.27. The van der Waals surface area contributed by atoms with Gasteiger partial charge in [0.15, 0.2) is 18.2 Å². The third kappa shape index (κ3) is 9.23. The number of para-hydroxylation sites is 2. The molecule has 2 saturated carbocycles. The van der Waals surface area contributed by atoms with Crippen molar-refractivity contribution >= 4 is 35.1 Å². The molecule has 12 heteroatoms. The number of nitrogens with two attached hydrogens (primary N) is 2. The number of carbonyl (C=O) groups excluding carboxylic acids is 2. The van der Waals surface area contributed by atoms with Gasteiger partial charge in [-0.25, -0.2) is 0 Å². The van der Waals surface area contributed by atoms with Crippen LogP contribution in [0, 0.1) is 23.7 Å². The number of guanidine groups is 2. The molecule has 2 aromatic carbocycles. The Balaban J connectivity index is 1.17. The number of rotatable bonds is 16. The summed E-state index contributed by atoms with van der Waals surface area (Å²) in [5.74, 6) is -1.03. The second-order valence-electron chi connectivity index (χ2n) is 12.5. The zero-order valence-corrected chi connectivity index (χ0v) is 27.3. The van der Waals surface area contributed by atoms with Gasteiger partial charge in [-0.15, -0.1) is 0 Å². The second-order valence-corrected chi connectivity index (χ2v) is 12.5. The minimum absolute atomic E-state index is 0.0945. The Labute approximate surface area is 277 Å². The summed E-state index contributed by atoms with van der Waals surface area (Å²) in [6.45, 7) is 3.41. The topological polar surface area (TPSA) is 177 Å². The maximum atomic E-state index is 13.7. The van der Waals surface area contributed by atoms with Crippen LogP contribution in [0.3, 0.4) is 0 Å². The van der Waals surface area contributed by atoms with Gasteiger partial charge in [0.25, 0.3) is 0 Å². The molecule has 2 aliphatic carbocycles. The van der Waals surface area contributed by atoms with E-state index in [1.165, 1.54) is 19.3 Å². The van der Waals surface area contributed by atoms with Gasteiger partial charge in [0.2, 0.25) is 11.8 Å². The van der Waals surface area contributed by atoms with Crippen LogP contribution in [0.4, 0.5) is 11.4 Å². The number of anilines is 2. The second kappa shape index (κ2) is 17.1. The molecule has 2 amide bonds. The molecule has 8 N–H and O–H groups in total.